The lowest BCUT2D eigenvalue weighted by Crippen LogP contribution is -2.29. The van der Waals surface area contributed by atoms with Crippen LogP contribution in [-0.4, -0.2) is 70.9 Å². The molecule has 1 aromatic rings. The average molecular weight is 714 g/mol. The Kier molecular flexibility index (Phi) is 15.4. The summed E-state index contributed by atoms with van der Waals surface area (Å²) < 4.78 is 52.0. The zero-order valence-corrected chi connectivity index (χ0v) is 27.3. The number of ether oxygens (including phenoxy) is 4. The highest BCUT2D eigenvalue weighted by Gasteiger charge is 2.45. The molecule has 274 valence electrons. The van der Waals surface area contributed by atoms with E-state index in [-0.39, 0.29) is 31.6 Å². The van der Waals surface area contributed by atoms with Gasteiger partial charge >= 0.3 is 41.7 Å². The Morgan fingerprint density at radius 3 is 1.94 bits per heavy atom. The van der Waals surface area contributed by atoms with Gasteiger partial charge in [-0.15, -0.1) is 10.1 Å². The lowest BCUT2D eigenvalue weighted by atomic mass is 9.73. The number of carbonyl (C=O) groups excluding carboxylic acids is 4. The molecule has 50 heavy (non-hydrogen) atoms. The molecule has 0 heterocycles. The molecule has 16 nitrogen and oxygen atoms in total. The second-order valence-electron chi connectivity index (χ2n) is 11.2. The fourth-order valence-electron chi connectivity index (χ4n) is 4.89. The monoisotopic (exact) mass is 713 g/mol. The van der Waals surface area contributed by atoms with E-state index in [1.54, 1.807) is 13.0 Å². The number of hydrogen-bond donors (Lipinski definition) is 2. The maximum atomic E-state index is 15.7. The predicted octanol–water partition coefficient (Wildman–Crippen LogP) is 4.41. The second kappa shape index (κ2) is 18.9. The van der Waals surface area contributed by atoms with Crippen molar-refractivity contribution < 1.29 is 76.6 Å². The molecule has 0 saturated heterocycles. The third-order valence-electron chi connectivity index (χ3n) is 7.28. The Hall–Kier alpha value is -5.42. The van der Waals surface area contributed by atoms with Crippen LogP contribution < -0.4 is 9.47 Å². The molecule has 0 aromatic heterocycles. The number of carboxylic acids is 2. The molecule has 1 aliphatic carbocycles. The van der Waals surface area contributed by atoms with Crippen molar-refractivity contribution in [1.29, 1.82) is 0 Å². The fraction of sp³-hybridized carbons (Fsp3) is 0.500. The zero-order valence-electron chi connectivity index (χ0n) is 27.3. The van der Waals surface area contributed by atoms with Crippen molar-refractivity contribution in [2.45, 2.75) is 77.1 Å². The summed E-state index contributed by atoms with van der Waals surface area (Å²) in [7, 11) is 0. The van der Waals surface area contributed by atoms with Crippen LogP contribution in [0.5, 0.6) is 11.5 Å². The summed E-state index contributed by atoms with van der Waals surface area (Å²) in [5, 5.41) is 27.3. The third-order valence-corrected chi connectivity index (χ3v) is 7.28. The van der Waals surface area contributed by atoms with Crippen LogP contribution >= 0.6 is 0 Å². The van der Waals surface area contributed by atoms with Crippen LogP contribution in [0.15, 0.2) is 35.9 Å². The molecule has 1 aromatic carbocycles. The highest BCUT2D eigenvalue weighted by molar-refractivity contribution is 5.83. The fourth-order valence-corrected chi connectivity index (χ4v) is 4.89. The first-order valence-corrected chi connectivity index (χ1v) is 15.3. The number of carbonyl (C=O) groups is 6. The summed E-state index contributed by atoms with van der Waals surface area (Å²) in [5.74, 6) is -14.9. The van der Waals surface area contributed by atoms with Gasteiger partial charge in [-0.3, -0.25) is 24.0 Å². The summed E-state index contributed by atoms with van der Waals surface area (Å²) in [6.07, 6.45) is -0.514. The summed E-state index contributed by atoms with van der Waals surface area (Å²) in [6.45, 7) is 5.73. The van der Waals surface area contributed by atoms with Crippen LogP contribution in [0, 0.1) is 16.0 Å². The topological polar surface area (TPSA) is 232 Å². The van der Waals surface area contributed by atoms with Crippen molar-refractivity contribution in [3.8, 4) is 11.5 Å². The van der Waals surface area contributed by atoms with Crippen molar-refractivity contribution in [1.82, 2.24) is 0 Å². The molecule has 2 atom stereocenters. The predicted molar refractivity (Wildman–Crippen MR) is 163 cm³/mol. The van der Waals surface area contributed by atoms with Crippen LogP contribution in [0.25, 0.3) is 0 Å². The maximum absolute atomic E-state index is 15.7. The highest BCUT2D eigenvalue weighted by atomic mass is 19.3. The molecule has 2 rings (SSSR count). The van der Waals surface area contributed by atoms with Gasteiger partial charge in [0, 0.05) is 24.0 Å². The van der Waals surface area contributed by atoms with Gasteiger partial charge in [-0.2, -0.15) is 8.78 Å². The van der Waals surface area contributed by atoms with E-state index in [4.69, 9.17) is 24.4 Å². The summed E-state index contributed by atoms with van der Waals surface area (Å²) in [6, 6.07) is 1.27. The number of nitrogens with zero attached hydrogens (tertiary/aromatic N) is 1. The molecule has 0 bridgehead atoms. The molecule has 18 heteroatoms. The molecule has 0 saturated carbocycles. The summed E-state index contributed by atoms with van der Waals surface area (Å²) >= 11 is 0. The van der Waals surface area contributed by atoms with Gasteiger partial charge in [0.2, 0.25) is 0 Å². The normalized spacial score (nSPS) is 15.6. The Morgan fingerprint density at radius 1 is 0.920 bits per heavy atom. The number of rotatable bonds is 20. The van der Waals surface area contributed by atoms with Crippen LogP contribution in [0.3, 0.4) is 0 Å². The minimum atomic E-state index is -4.48. The number of hydrogen-bond acceptors (Lipinski definition) is 13. The van der Waals surface area contributed by atoms with Crippen LogP contribution in [0.4, 0.5) is 8.78 Å². The molecule has 0 radical (unpaired) electrons. The minimum absolute atomic E-state index is 0.0142. The first kappa shape index (κ1) is 40.8. The largest absolute Gasteiger partial charge is 0.481 e. The van der Waals surface area contributed by atoms with E-state index in [1.165, 1.54) is 6.92 Å². The number of allylic oxidation sites excluding steroid dienone is 2. The Labute approximate surface area is 284 Å². The van der Waals surface area contributed by atoms with Crippen molar-refractivity contribution >= 4 is 35.8 Å². The SMILES string of the molecule is C=C(C)[C@H]1CCC(COC(C)=O)=C[C@@H]1c1c(OC(=O)CCC(=O)O)cc(C(F)(F)C(=O)OCCCCO[N+](=O)[O-])cc1OC(=O)CCC(=O)O. The number of aliphatic carboxylic acids is 2. The third kappa shape index (κ3) is 12.9. The maximum Gasteiger partial charge on any atom is 0.381 e. The Bertz CT molecular complexity index is 1470. The quantitative estimate of drug-likeness (QED) is 0.0476. The van der Waals surface area contributed by atoms with E-state index in [9.17, 15) is 38.9 Å². The molecule has 0 unspecified atom stereocenters. The van der Waals surface area contributed by atoms with Crippen LogP contribution in [0.1, 0.15) is 82.3 Å². The molecule has 2 N–H and O–H groups in total. The van der Waals surface area contributed by atoms with E-state index < -0.39 is 108 Å². The van der Waals surface area contributed by atoms with Gasteiger partial charge in [0.25, 0.3) is 5.09 Å². The van der Waals surface area contributed by atoms with Crippen molar-refractivity contribution in [3.05, 3.63) is 57.2 Å². The van der Waals surface area contributed by atoms with E-state index >= 15 is 8.78 Å². The second-order valence-corrected chi connectivity index (χ2v) is 11.2. The number of unbranched alkanes of at least 4 members (excludes halogenated alkanes) is 1. The van der Waals surface area contributed by atoms with Crippen molar-refractivity contribution in [2.75, 3.05) is 19.8 Å². The number of carboxylic acid groups (broad SMARTS) is 2. The smallest absolute Gasteiger partial charge is 0.381 e. The van der Waals surface area contributed by atoms with Gasteiger partial charge in [-0.05, 0) is 56.2 Å². The molecular weight excluding hydrogens is 676 g/mol. The Balaban J connectivity index is 2.73. The van der Waals surface area contributed by atoms with E-state index in [1.807, 2.05) is 0 Å². The van der Waals surface area contributed by atoms with Crippen LogP contribution in [-0.2, 0) is 49.0 Å². The number of halogens is 2. The van der Waals surface area contributed by atoms with Gasteiger partial charge < -0.3 is 34.0 Å². The van der Waals surface area contributed by atoms with Gasteiger partial charge in [-0.1, -0.05) is 18.2 Å². The van der Waals surface area contributed by atoms with Gasteiger partial charge in [0.1, 0.15) is 18.1 Å². The van der Waals surface area contributed by atoms with Crippen LogP contribution in [0.2, 0.25) is 0 Å². The van der Waals surface area contributed by atoms with Crippen molar-refractivity contribution in [3.63, 3.8) is 0 Å². The number of benzene rings is 1. The van der Waals surface area contributed by atoms with Gasteiger partial charge in [-0.25, -0.2) is 4.79 Å². The molecule has 0 amide bonds. The first-order chi connectivity index (χ1) is 23.4. The molecule has 0 fully saturated rings. The number of alkyl halides is 2. The molecule has 0 spiro atoms. The zero-order chi connectivity index (χ0) is 37.6. The highest BCUT2D eigenvalue weighted by Crippen LogP contribution is 2.49. The minimum Gasteiger partial charge on any atom is -0.481 e. The van der Waals surface area contributed by atoms with Gasteiger partial charge in [0.05, 0.1) is 38.9 Å². The van der Waals surface area contributed by atoms with E-state index in [0.29, 0.717) is 36.1 Å². The molecular formula is C32H37F2NO15. The van der Waals surface area contributed by atoms with E-state index in [2.05, 4.69) is 16.2 Å². The lowest BCUT2D eigenvalue weighted by Gasteiger charge is -2.33. The molecule has 1 aliphatic rings. The average Bonchev–Trinajstić information content (AvgIpc) is 3.02. The first-order valence-electron chi connectivity index (χ1n) is 15.3. The summed E-state index contributed by atoms with van der Waals surface area (Å²) in [5.41, 5.74) is -0.192. The number of esters is 4. The Morgan fingerprint density at radius 2 is 1.46 bits per heavy atom. The standard InChI is InChI=1S/C32H37F2NO15/c1-18(2)22-7-6-20(17-47-19(3)36)14-23(22)30-24(49-28(41)10-8-26(37)38)15-21(16-25(30)50-29(42)11-9-27(39)40)32(33,34)31(43)46-12-4-5-13-48-35(44)45/h14-16,22-23H,1,4-13,17H2,2-3H3,(H,37,38)(H,39,40)/t22-,23+/m1/s1. The molecule has 0 aliphatic heterocycles. The van der Waals surface area contributed by atoms with Gasteiger partial charge in [0.15, 0.2) is 0 Å². The lowest BCUT2D eigenvalue weighted by molar-refractivity contribution is -0.757. The van der Waals surface area contributed by atoms with Crippen molar-refractivity contribution in [2.24, 2.45) is 5.92 Å². The van der Waals surface area contributed by atoms with E-state index in [0.717, 1.165) is 0 Å². The summed E-state index contributed by atoms with van der Waals surface area (Å²) in [4.78, 5) is 86.3.